The number of carbonyl (C=O) groups excluding carboxylic acids is 1. The van der Waals surface area contributed by atoms with Crippen molar-refractivity contribution in [2.75, 3.05) is 0 Å². The second-order valence-electron chi connectivity index (χ2n) is 3.38. The molecule has 0 saturated carbocycles. The number of aromatic nitrogens is 1. The van der Waals surface area contributed by atoms with Crippen LogP contribution in [0.2, 0.25) is 5.02 Å². The number of fused-ring (bicyclic) bond motifs is 1. The van der Waals surface area contributed by atoms with Crippen molar-refractivity contribution in [2.45, 2.75) is 6.92 Å². The average molecular weight is 220 g/mol. The highest BCUT2D eigenvalue weighted by Crippen LogP contribution is 2.23. The second-order valence-corrected chi connectivity index (χ2v) is 3.82. The lowest BCUT2D eigenvalue weighted by Crippen LogP contribution is -1.82. The van der Waals surface area contributed by atoms with Gasteiger partial charge in [-0.3, -0.25) is 4.79 Å². The standard InChI is InChI=1S/C12H10ClNO/c1-8(15)2-3-9-6-11(13)7-10-4-5-14-12(9)10/h2-7,14H,1H3/b3-2+. The summed E-state index contributed by atoms with van der Waals surface area (Å²) in [5.41, 5.74) is 1.93. The van der Waals surface area contributed by atoms with Crippen LogP contribution in [0, 0.1) is 0 Å². The zero-order valence-corrected chi connectivity index (χ0v) is 9.01. The number of halogens is 1. The summed E-state index contributed by atoms with van der Waals surface area (Å²) < 4.78 is 0. The van der Waals surface area contributed by atoms with Crippen molar-refractivity contribution < 1.29 is 4.79 Å². The highest BCUT2D eigenvalue weighted by atomic mass is 35.5. The largest absolute Gasteiger partial charge is 0.361 e. The third kappa shape index (κ3) is 2.10. The Labute approximate surface area is 92.6 Å². The monoisotopic (exact) mass is 219 g/mol. The van der Waals surface area contributed by atoms with Gasteiger partial charge in [0.1, 0.15) is 0 Å². The lowest BCUT2D eigenvalue weighted by atomic mass is 10.1. The van der Waals surface area contributed by atoms with Crippen LogP contribution in [0.3, 0.4) is 0 Å². The summed E-state index contributed by atoms with van der Waals surface area (Å²) in [7, 11) is 0. The van der Waals surface area contributed by atoms with Crippen LogP contribution in [0.4, 0.5) is 0 Å². The predicted molar refractivity (Wildman–Crippen MR) is 63.0 cm³/mol. The number of carbonyl (C=O) groups is 1. The van der Waals surface area contributed by atoms with Gasteiger partial charge >= 0.3 is 0 Å². The van der Waals surface area contributed by atoms with E-state index < -0.39 is 0 Å². The summed E-state index contributed by atoms with van der Waals surface area (Å²) in [6.07, 6.45) is 5.16. The molecule has 2 aromatic rings. The van der Waals surface area contributed by atoms with Crippen LogP contribution in [-0.4, -0.2) is 10.8 Å². The van der Waals surface area contributed by atoms with Gasteiger partial charge in [-0.2, -0.15) is 0 Å². The molecular weight excluding hydrogens is 210 g/mol. The topological polar surface area (TPSA) is 32.9 Å². The summed E-state index contributed by atoms with van der Waals surface area (Å²) in [6, 6.07) is 5.67. The Kier molecular flexibility index (Phi) is 2.60. The van der Waals surface area contributed by atoms with Gasteiger partial charge in [0.2, 0.25) is 0 Å². The molecule has 0 aliphatic heterocycles. The molecule has 0 bridgehead atoms. The fourth-order valence-electron chi connectivity index (χ4n) is 1.50. The van der Waals surface area contributed by atoms with Gasteiger partial charge in [0.25, 0.3) is 0 Å². The molecule has 2 rings (SSSR count). The highest BCUT2D eigenvalue weighted by Gasteiger charge is 2.01. The molecule has 76 valence electrons. The van der Waals surface area contributed by atoms with E-state index in [1.807, 2.05) is 24.4 Å². The Morgan fingerprint density at radius 2 is 2.27 bits per heavy atom. The molecule has 1 aromatic carbocycles. The second kappa shape index (κ2) is 3.91. The van der Waals surface area contributed by atoms with Gasteiger partial charge in [-0.25, -0.2) is 0 Å². The molecule has 0 spiro atoms. The lowest BCUT2D eigenvalue weighted by Gasteiger charge is -1.98. The molecule has 1 aromatic heterocycles. The summed E-state index contributed by atoms with van der Waals surface area (Å²) in [5, 5.41) is 1.72. The zero-order valence-electron chi connectivity index (χ0n) is 8.25. The Morgan fingerprint density at radius 3 is 3.00 bits per heavy atom. The first-order valence-corrected chi connectivity index (χ1v) is 5.00. The van der Waals surface area contributed by atoms with Crippen molar-refractivity contribution in [3.63, 3.8) is 0 Å². The van der Waals surface area contributed by atoms with Crippen LogP contribution in [0.15, 0.2) is 30.5 Å². The van der Waals surface area contributed by atoms with E-state index in [1.54, 1.807) is 6.08 Å². The van der Waals surface area contributed by atoms with Gasteiger partial charge in [-0.1, -0.05) is 11.6 Å². The Morgan fingerprint density at radius 1 is 1.47 bits per heavy atom. The summed E-state index contributed by atoms with van der Waals surface area (Å²) in [5.74, 6) is 0.0229. The van der Waals surface area contributed by atoms with Crippen LogP contribution in [0.5, 0.6) is 0 Å². The van der Waals surface area contributed by atoms with Crippen molar-refractivity contribution >= 4 is 34.4 Å². The molecule has 0 saturated heterocycles. The molecule has 0 unspecified atom stereocenters. The average Bonchev–Trinajstić information content (AvgIpc) is 2.61. The van der Waals surface area contributed by atoms with Crippen LogP contribution in [0.25, 0.3) is 17.0 Å². The quantitative estimate of drug-likeness (QED) is 0.772. The van der Waals surface area contributed by atoms with E-state index in [2.05, 4.69) is 4.98 Å². The minimum Gasteiger partial charge on any atom is -0.361 e. The van der Waals surface area contributed by atoms with Crippen LogP contribution in [0.1, 0.15) is 12.5 Å². The first-order valence-electron chi connectivity index (χ1n) is 4.62. The predicted octanol–water partition coefficient (Wildman–Crippen LogP) is 3.42. The Balaban J connectivity index is 2.58. The molecule has 15 heavy (non-hydrogen) atoms. The van der Waals surface area contributed by atoms with Crippen molar-refractivity contribution in [3.8, 4) is 0 Å². The van der Waals surface area contributed by atoms with Crippen LogP contribution >= 0.6 is 11.6 Å². The maximum absolute atomic E-state index is 10.8. The van der Waals surface area contributed by atoms with Gasteiger partial charge < -0.3 is 4.98 Å². The SMILES string of the molecule is CC(=O)/C=C/c1cc(Cl)cc2cc[nH]c12. The molecule has 3 heteroatoms. The number of H-pyrrole nitrogens is 1. The van der Waals surface area contributed by atoms with Crippen LogP contribution < -0.4 is 0 Å². The number of hydrogen-bond acceptors (Lipinski definition) is 1. The number of aromatic amines is 1. The molecular formula is C12H10ClNO. The van der Waals surface area contributed by atoms with Gasteiger partial charge in [0.05, 0.1) is 5.52 Å². The highest BCUT2D eigenvalue weighted by molar-refractivity contribution is 6.31. The first kappa shape index (κ1) is 9.99. The molecule has 0 atom stereocenters. The zero-order chi connectivity index (χ0) is 10.8. The summed E-state index contributed by atoms with van der Waals surface area (Å²) in [6.45, 7) is 1.52. The number of allylic oxidation sites excluding steroid dienone is 1. The van der Waals surface area contributed by atoms with E-state index in [0.717, 1.165) is 16.5 Å². The van der Waals surface area contributed by atoms with Crippen molar-refractivity contribution in [2.24, 2.45) is 0 Å². The van der Waals surface area contributed by atoms with E-state index in [-0.39, 0.29) is 5.78 Å². The molecule has 0 aliphatic carbocycles. The van der Waals surface area contributed by atoms with Crippen LogP contribution in [-0.2, 0) is 4.79 Å². The van der Waals surface area contributed by atoms with Crippen molar-refractivity contribution in [1.82, 2.24) is 4.98 Å². The third-order valence-corrected chi connectivity index (χ3v) is 2.37. The van der Waals surface area contributed by atoms with E-state index in [0.29, 0.717) is 5.02 Å². The molecule has 1 N–H and O–H groups in total. The minimum atomic E-state index is 0.0229. The molecule has 0 fully saturated rings. The fraction of sp³-hybridized carbons (Fsp3) is 0.0833. The van der Waals surface area contributed by atoms with E-state index in [9.17, 15) is 4.79 Å². The maximum Gasteiger partial charge on any atom is 0.152 e. The van der Waals surface area contributed by atoms with E-state index in [4.69, 9.17) is 11.6 Å². The van der Waals surface area contributed by atoms with Gasteiger partial charge in [-0.05, 0) is 37.3 Å². The Bertz CT molecular complexity index is 540. The number of hydrogen-bond donors (Lipinski definition) is 1. The van der Waals surface area contributed by atoms with Gasteiger partial charge in [0, 0.05) is 22.2 Å². The molecule has 0 radical (unpaired) electrons. The number of nitrogens with one attached hydrogen (secondary N) is 1. The van der Waals surface area contributed by atoms with Crippen molar-refractivity contribution in [3.05, 3.63) is 41.1 Å². The van der Waals surface area contributed by atoms with Gasteiger partial charge in [0.15, 0.2) is 5.78 Å². The molecule has 0 aliphatic rings. The number of ketones is 1. The molecule has 1 heterocycles. The smallest absolute Gasteiger partial charge is 0.152 e. The minimum absolute atomic E-state index is 0.0229. The summed E-state index contributed by atoms with van der Waals surface area (Å²) in [4.78, 5) is 14.0. The number of benzene rings is 1. The number of rotatable bonds is 2. The molecule has 2 nitrogen and oxygen atoms in total. The summed E-state index contributed by atoms with van der Waals surface area (Å²) >= 11 is 5.96. The normalized spacial score (nSPS) is 11.3. The Hall–Kier alpha value is -1.54. The molecule has 0 amide bonds. The van der Waals surface area contributed by atoms with Gasteiger partial charge in [-0.15, -0.1) is 0 Å². The lowest BCUT2D eigenvalue weighted by molar-refractivity contribution is -0.112. The van der Waals surface area contributed by atoms with Crippen molar-refractivity contribution in [1.29, 1.82) is 0 Å². The third-order valence-electron chi connectivity index (χ3n) is 2.15. The fourth-order valence-corrected chi connectivity index (χ4v) is 1.74. The van der Waals surface area contributed by atoms with E-state index in [1.165, 1.54) is 13.0 Å². The maximum atomic E-state index is 10.8. The first-order chi connectivity index (χ1) is 7.16. The van der Waals surface area contributed by atoms with E-state index >= 15 is 0 Å².